The number of nitrogens with one attached hydrogen (secondary N) is 1. The zero-order valence-corrected chi connectivity index (χ0v) is 14.4. The lowest BCUT2D eigenvalue weighted by Gasteiger charge is -2.22. The summed E-state index contributed by atoms with van der Waals surface area (Å²) in [4.78, 5) is 40.7. The van der Waals surface area contributed by atoms with E-state index in [4.69, 9.17) is 0 Å². The standard InChI is InChI=1S/C18H8F6N2O4/c19-17(20,21)9-6-10(18(22,23)24)12-11(7-9)25-15(28)13(14(12)27)26-30-16(29)8-4-2-1-3-5-8/h1-7H,(H,25,28). The zero-order valence-electron chi connectivity index (χ0n) is 14.4. The maximum Gasteiger partial charge on any atom is 0.417 e. The average molecular weight is 430 g/mol. The zero-order chi connectivity index (χ0) is 22.3. The molecule has 2 aromatic carbocycles. The molecule has 0 aliphatic carbocycles. The number of amides is 1. The fourth-order valence-corrected chi connectivity index (χ4v) is 2.57. The van der Waals surface area contributed by atoms with E-state index in [1.807, 2.05) is 0 Å². The molecule has 1 N–H and O–H groups in total. The van der Waals surface area contributed by atoms with Crippen molar-refractivity contribution in [2.24, 2.45) is 5.16 Å². The van der Waals surface area contributed by atoms with E-state index in [0.717, 1.165) is 0 Å². The molecule has 0 radical (unpaired) electrons. The number of nitrogens with zero attached hydrogens (tertiary/aromatic N) is 1. The third-order valence-electron chi connectivity index (χ3n) is 3.91. The Morgan fingerprint density at radius 1 is 0.933 bits per heavy atom. The minimum Gasteiger partial charge on any atom is -0.320 e. The third-order valence-corrected chi connectivity index (χ3v) is 3.91. The van der Waals surface area contributed by atoms with Crippen molar-refractivity contribution in [2.45, 2.75) is 12.4 Å². The van der Waals surface area contributed by atoms with E-state index >= 15 is 0 Å². The molecule has 0 unspecified atom stereocenters. The Morgan fingerprint density at radius 3 is 2.13 bits per heavy atom. The first kappa shape index (κ1) is 21.0. The maximum absolute atomic E-state index is 13.3. The molecule has 1 aliphatic rings. The second kappa shape index (κ2) is 7.28. The molecule has 6 nitrogen and oxygen atoms in total. The number of fused-ring (bicyclic) bond motifs is 1. The van der Waals surface area contributed by atoms with Crippen LogP contribution in [0, 0.1) is 0 Å². The van der Waals surface area contributed by atoms with E-state index < -0.39 is 58.1 Å². The number of anilines is 1. The predicted molar refractivity (Wildman–Crippen MR) is 88.7 cm³/mol. The van der Waals surface area contributed by atoms with Crippen molar-refractivity contribution in [3.05, 3.63) is 64.7 Å². The van der Waals surface area contributed by atoms with Gasteiger partial charge >= 0.3 is 18.3 Å². The smallest absolute Gasteiger partial charge is 0.320 e. The van der Waals surface area contributed by atoms with Crippen LogP contribution in [0.1, 0.15) is 31.8 Å². The molecule has 0 bridgehead atoms. The van der Waals surface area contributed by atoms with Gasteiger partial charge in [0, 0.05) is 0 Å². The van der Waals surface area contributed by atoms with Crippen LogP contribution in [-0.4, -0.2) is 23.4 Å². The Morgan fingerprint density at radius 2 is 1.57 bits per heavy atom. The number of rotatable bonds is 2. The van der Waals surface area contributed by atoms with Gasteiger partial charge in [0.15, 0.2) is 0 Å². The number of benzene rings is 2. The van der Waals surface area contributed by atoms with Gasteiger partial charge < -0.3 is 10.2 Å². The number of Topliss-reactive ketones (excluding diaryl/α,β-unsaturated/α-hetero) is 1. The predicted octanol–water partition coefficient (Wildman–Crippen LogP) is 4.07. The molecule has 0 saturated heterocycles. The van der Waals surface area contributed by atoms with Gasteiger partial charge in [0.2, 0.25) is 11.5 Å². The molecule has 0 atom stereocenters. The van der Waals surface area contributed by atoms with Crippen LogP contribution >= 0.6 is 0 Å². The number of oxime groups is 1. The van der Waals surface area contributed by atoms with Crippen LogP contribution in [0.15, 0.2) is 47.6 Å². The lowest BCUT2D eigenvalue weighted by Crippen LogP contribution is -2.38. The van der Waals surface area contributed by atoms with Crippen LogP contribution in [0.4, 0.5) is 32.0 Å². The summed E-state index contributed by atoms with van der Waals surface area (Å²) in [6, 6.07) is 7.07. The number of halogens is 6. The Kier molecular flexibility index (Phi) is 5.10. The Bertz CT molecular complexity index is 1070. The van der Waals surface area contributed by atoms with E-state index in [0.29, 0.717) is 0 Å². The molecule has 156 valence electrons. The van der Waals surface area contributed by atoms with Gasteiger partial charge in [-0.3, -0.25) is 9.59 Å². The van der Waals surface area contributed by atoms with Crippen molar-refractivity contribution in [3.63, 3.8) is 0 Å². The molecule has 0 fully saturated rings. The van der Waals surface area contributed by atoms with E-state index in [2.05, 4.69) is 9.99 Å². The van der Waals surface area contributed by atoms with Crippen molar-refractivity contribution in [1.29, 1.82) is 0 Å². The van der Waals surface area contributed by atoms with E-state index in [9.17, 15) is 40.7 Å². The first-order valence-corrected chi connectivity index (χ1v) is 7.92. The van der Waals surface area contributed by atoms with Gasteiger partial charge in [-0.05, 0) is 24.3 Å². The normalized spacial score (nSPS) is 15.6. The molecule has 0 aromatic heterocycles. The van der Waals surface area contributed by atoms with E-state index in [1.165, 1.54) is 24.3 Å². The quantitative estimate of drug-likeness (QED) is 0.442. The topological polar surface area (TPSA) is 84.8 Å². The second-order valence-electron chi connectivity index (χ2n) is 5.91. The fourth-order valence-electron chi connectivity index (χ4n) is 2.57. The summed E-state index contributed by atoms with van der Waals surface area (Å²) >= 11 is 0. The molecule has 1 aliphatic heterocycles. The van der Waals surface area contributed by atoms with Crippen LogP contribution in [0.5, 0.6) is 0 Å². The van der Waals surface area contributed by atoms with Gasteiger partial charge in [0.1, 0.15) is 0 Å². The highest BCUT2D eigenvalue weighted by Crippen LogP contribution is 2.41. The number of carbonyl (C=O) groups is 3. The van der Waals surface area contributed by atoms with Crippen LogP contribution in [0.3, 0.4) is 0 Å². The molecule has 1 amide bonds. The summed E-state index contributed by atoms with van der Waals surface area (Å²) in [6.45, 7) is 0. The summed E-state index contributed by atoms with van der Waals surface area (Å²) in [5, 5.41) is 4.78. The number of alkyl halides is 6. The molecule has 2 aromatic rings. The van der Waals surface area contributed by atoms with E-state index in [-0.39, 0.29) is 17.7 Å². The summed E-state index contributed by atoms with van der Waals surface area (Å²) < 4.78 is 78.7. The second-order valence-corrected chi connectivity index (χ2v) is 5.91. The third kappa shape index (κ3) is 4.02. The molecule has 0 spiro atoms. The van der Waals surface area contributed by atoms with Crippen LogP contribution < -0.4 is 5.32 Å². The molecular formula is C18H8F6N2O4. The highest BCUT2D eigenvalue weighted by atomic mass is 19.4. The van der Waals surface area contributed by atoms with E-state index in [1.54, 1.807) is 11.4 Å². The van der Waals surface area contributed by atoms with Crippen LogP contribution in [0.25, 0.3) is 0 Å². The first-order chi connectivity index (χ1) is 13.9. The van der Waals surface area contributed by atoms with Crippen LogP contribution in [0.2, 0.25) is 0 Å². The highest BCUT2D eigenvalue weighted by molar-refractivity contribution is 6.72. The summed E-state index contributed by atoms with van der Waals surface area (Å²) in [5.74, 6) is -4.19. The minimum atomic E-state index is -5.35. The van der Waals surface area contributed by atoms with Gasteiger partial charge in [-0.25, -0.2) is 4.79 Å². The van der Waals surface area contributed by atoms with Gasteiger partial charge in [-0.1, -0.05) is 23.4 Å². The Labute approximate surface area is 163 Å². The molecule has 30 heavy (non-hydrogen) atoms. The highest BCUT2D eigenvalue weighted by Gasteiger charge is 2.44. The number of hydrogen-bond acceptors (Lipinski definition) is 5. The fraction of sp³-hybridized carbons (Fsp3) is 0.111. The number of carbonyl (C=O) groups excluding carboxylic acids is 3. The Balaban J connectivity index is 2.05. The van der Waals surface area contributed by atoms with Crippen molar-refractivity contribution in [3.8, 4) is 0 Å². The lowest BCUT2D eigenvalue weighted by atomic mass is 9.92. The molecule has 12 heteroatoms. The van der Waals surface area contributed by atoms with Crippen LogP contribution in [-0.2, 0) is 22.0 Å². The molecule has 3 rings (SSSR count). The molecule has 0 saturated carbocycles. The average Bonchev–Trinajstić information content (AvgIpc) is 2.65. The van der Waals surface area contributed by atoms with Gasteiger partial charge in [-0.15, -0.1) is 0 Å². The minimum absolute atomic E-state index is 0.0308. The van der Waals surface area contributed by atoms with Crippen molar-refractivity contribution in [2.75, 3.05) is 5.32 Å². The van der Waals surface area contributed by atoms with Crippen molar-refractivity contribution >= 4 is 29.1 Å². The number of hydrogen-bond donors (Lipinski definition) is 1. The lowest BCUT2D eigenvalue weighted by molar-refractivity contribution is -0.143. The molecular weight excluding hydrogens is 422 g/mol. The van der Waals surface area contributed by atoms with Gasteiger partial charge in [0.05, 0.1) is 27.9 Å². The monoisotopic (exact) mass is 430 g/mol. The number of ketones is 1. The largest absolute Gasteiger partial charge is 0.417 e. The van der Waals surface area contributed by atoms with Gasteiger partial charge in [-0.2, -0.15) is 26.3 Å². The Hall–Kier alpha value is -3.70. The van der Waals surface area contributed by atoms with Gasteiger partial charge in [0.25, 0.3) is 5.91 Å². The SMILES string of the molecule is O=C1Nc2cc(C(F)(F)F)cc(C(F)(F)F)c2C(=O)C1=NOC(=O)c1ccccc1. The summed E-state index contributed by atoms with van der Waals surface area (Å²) in [5.41, 5.74) is -7.11. The molecule has 1 heterocycles. The van der Waals surface area contributed by atoms with Crippen molar-refractivity contribution < 1.29 is 45.6 Å². The maximum atomic E-state index is 13.3. The van der Waals surface area contributed by atoms with Crippen molar-refractivity contribution in [1.82, 2.24) is 0 Å². The summed E-state index contributed by atoms with van der Waals surface area (Å²) in [6.07, 6.45) is -10.5. The summed E-state index contributed by atoms with van der Waals surface area (Å²) in [7, 11) is 0. The first-order valence-electron chi connectivity index (χ1n) is 7.92.